The third kappa shape index (κ3) is 5.44. The number of piperidine rings is 1. The van der Waals surface area contributed by atoms with Crippen LogP contribution in [-0.4, -0.2) is 47.7 Å². The summed E-state index contributed by atoms with van der Waals surface area (Å²) in [5.41, 5.74) is 0. The minimum atomic E-state index is 0. The van der Waals surface area contributed by atoms with Crippen molar-refractivity contribution in [1.29, 1.82) is 0 Å². The fourth-order valence-electron chi connectivity index (χ4n) is 2.89. The molecule has 1 aromatic rings. The monoisotopic (exact) mass is 407 g/mol. The molecule has 0 aromatic carbocycles. The molecular weight excluding hydrogens is 381 g/mol. The number of halogens is 1. The van der Waals surface area contributed by atoms with Gasteiger partial charge in [-0.2, -0.15) is 4.98 Å². The highest BCUT2D eigenvalue weighted by Gasteiger charge is 2.23. The van der Waals surface area contributed by atoms with E-state index in [2.05, 4.69) is 39.2 Å². The van der Waals surface area contributed by atoms with E-state index in [4.69, 9.17) is 4.52 Å². The topological polar surface area (TPSA) is 66.5 Å². The molecule has 1 aliphatic heterocycles. The Balaban J connectivity index is 0.00000220. The Morgan fingerprint density at radius 1 is 1.38 bits per heavy atom. The maximum atomic E-state index is 5.10. The number of aliphatic imine (C=N–C) groups is 1. The molecule has 2 atom stereocenters. The van der Waals surface area contributed by atoms with Crippen LogP contribution in [0.1, 0.15) is 32.0 Å². The molecule has 1 saturated heterocycles. The summed E-state index contributed by atoms with van der Waals surface area (Å²) in [5, 5.41) is 7.18. The van der Waals surface area contributed by atoms with Crippen LogP contribution in [0.15, 0.2) is 9.52 Å². The number of hydrogen-bond donors (Lipinski definition) is 1. The van der Waals surface area contributed by atoms with Crippen LogP contribution < -0.4 is 5.32 Å². The van der Waals surface area contributed by atoms with Gasteiger partial charge in [-0.15, -0.1) is 24.0 Å². The van der Waals surface area contributed by atoms with E-state index < -0.39 is 0 Å². The minimum absolute atomic E-state index is 0. The molecule has 0 aliphatic carbocycles. The second-order valence-corrected chi connectivity index (χ2v) is 5.81. The Morgan fingerprint density at radius 3 is 2.57 bits per heavy atom. The molecule has 1 aliphatic rings. The summed E-state index contributed by atoms with van der Waals surface area (Å²) in [7, 11) is 1.84. The first-order chi connectivity index (χ1) is 9.58. The highest BCUT2D eigenvalue weighted by molar-refractivity contribution is 14.0. The quantitative estimate of drug-likeness (QED) is 0.472. The highest BCUT2D eigenvalue weighted by Crippen LogP contribution is 2.20. The minimum Gasteiger partial charge on any atom is -0.356 e. The van der Waals surface area contributed by atoms with Crippen molar-refractivity contribution < 1.29 is 4.52 Å². The second-order valence-electron chi connectivity index (χ2n) is 5.81. The van der Waals surface area contributed by atoms with Crippen molar-refractivity contribution in [3.63, 3.8) is 0 Å². The molecule has 7 heteroatoms. The zero-order valence-electron chi connectivity index (χ0n) is 13.3. The SMILES string of the molecule is CN=C(NCCc1nc(C)no1)N1CC(C)CC(C)C1.I. The molecule has 0 spiro atoms. The van der Waals surface area contributed by atoms with E-state index >= 15 is 0 Å². The molecular formula is C14H26IN5O. The maximum Gasteiger partial charge on any atom is 0.228 e. The summed E-state index contributed by atoms with van der Waals surface area (Å²) in [6.45, 7) is 9.34. The van der Waals surface area contributed by atoms with Gasteiger partial charge in [0.2, 0.25) is 5.89 Å². The molecule has 2 heterocycles. The number of nitrogens with one attached hydrogen (secondary N) is 1. The predicted octanol–water partition coefficient (Wildman–Crippen LogP) is 2.09. The van der Waals surface area contributed by atoms with Gasteiger partial charge in [0, 0.05) is 33.1 Å². The van der Waals surface area contributed by atoms with Crippen molar-refractivity contribution in [3.05, 3.63) is 11.7 Å². The van der Waals surface area contributed by atoms with Crippen LogP contribution in [0, 0.1) is 18.8 Å². The Morgan fingerprint density at radius 2 is 2.05 bits per heavy atom. The van der Waals surface area contributed by atoms with Gasteiger partial charge in [-0.1, -0.05) is 19.0 Å². The van der Waals surface area contributed by atoms with Crippen molar-refractivity contribution in [1.82, 2.24) is 20.4 Å². The van der Waals surface area contributed by atoms with Gasteiger partial charge in [-0.25, -0.2) is 0 Å². The maximum absolute atomic E-state index is 5.10. The first-order valence-corrected chi connectivity index (χ1v) is 7.33. The number of aryl methyl sites for hydroxylation is 1. The Hall–Kier alpha value is -0.860. The average Bonchev–Trinajstić information content (AvgIpc) is 2.79. The van der Waals surface area contributed by atoms with E-state index in [9.17, 15) is 0 Å². The summed E-state index contributed by atoms with van der Waals surface area (Å²) < 4.78 is 5.10. The molecule has 1 aromatic heterocycles. The smallest absolute Gasteiger partial charge is 0.228 e. The fraction of sp³-hybridized carbons (Fsp3) is 0.786. The van der Waals surface area contributed by atoms with Gasteiger partial charge in [0.1, 0.15) is 0 Å². The lowest BCUT2D eigenvalue weighted by atomic mass is 9.92. The molecule has 1 fully saturated rings. The average molecular weight is 407 g/mol. The number of guanidine groups is 1. The van der Waals surface area contributed by atoms with Crippen LogP contribution >= 0.6 is 24.0 Å². The lowest BCUT2D eigenvalue weighted by molar-refractivity contribution is 0.208. The summed E-state index contributed by atoms with van der Waals surface area (Å²) in [6.07, 6.45) is 2.02. The van der Waals surface area contributed by atoms with Gasteiger partial charge in [-0.05, 0) is 25.2 Å². The number of likely N-dealkylation sites (tertiary alicyclic amines) is 1. The largest absolute Gasteiger partial charge is 0.356 e. The number of rotatable bonds is 3. The van der Waals surface area contributed by atoms with Gasteiger partial charge in [0.15, 0.2) is 11.8 Å². The van der Waals surface area contributed by atoms with Gasteiger partial charge >= 0.3 is 0 Å². The van der Waals surface area contributed by atoms with Crippen LogP contribution in [0.2, 0.25) is 0 Å². The zero-order chi connectivity index (χ0) is 14.5. The Kier molecular flexibility index (Phi) is 7.41. The lowest BCUT2D eigenvalue weighted by Gasteiger charge is -2.37. The van der Waals surface area contributed by atoms with Crippen molar-refractivity contribution in [2.75, 3.05) is 26.7 Å². The van der Waals surface area contributed by atoms with E-state index in [1.54, 1.807) is 0 Å². The van der Waals surface area contributed by atoms with Gasteiger partial charge in [0.05, 0.1) is 0 Å². The lowest BCUT2D eigenvalue weighted by Crippen LogP contribution is -2.48. The third-order valence-electron chi connectivity index (χ3n) is 3.57. The number of aromatic nitrogens is 2. The molecule has 21 heavy (non-hydrogen) atoms. The van der Waals surface area contributed by atoms with Crippen LogP contribution in [0.3, 0.4) is 0 Å². The molecule has 6 nitrogen and oxygen atoms in total. The number of nitrogens with zero attached hydrogens (tertiary/aromatic N) is 4. The van der Waals surface area contributed by atoms with E-state index in [0.29, 0.717) is 11.7 Å². The molecule has 0 amide bonds. The zero-order valence-corrected chi connectivity index (χ0v) is 15.6. The van der Waals surface area contributed by atoms with Crippen molar-refractivity contribution in [3.8, 4) is 0 Å². The van der Waals surface area contributed by atoms with Crippen LogP contribution in [0.5, 0.6) is 0 Å². The van der Waals surface area contributed by atoms with Crippen LogP contribution in [-0.2, 0) is 6.42 Å². The summed E-state index contributed by atoms with van der Waals surface area (Å²) >= 11 is 0. The predicted molar refractivity (Wildman–Crippen MR) is 94.0 cm³/mol. The molecule has 0 radical (unpaired) electrons. The molecule has 2 unspecified atom stereocenters. The van der Waals surface area contributed by atoms with E-state index in [-0.39, 0.29) is 24.0 Å². The second kappa shape index (κ2) is 8.55. The van der Waals surface area contributed by atoms with E-state index in [1.165, 1.54) is 6.42 Å². The number of hydrogen-bond acceptors (Lipinski definition) is 4. The van der Waals surface area contributed by atoms with Crippen molar-refractivity contribution in [2.24, 2.45) is 16.8 Å². The third-order valence-corrected chi connectivity index (χ3v) is 3.57. The molecule has 120 valence electrons. The summed E-state index contributed by atoms with van der Waals surface area (Å²) in [5.74, 6) is 3.76. The van der Waals surface area contributed by atoms with Crippen LogP contribution in [0.4, 0.5) is 0 Å². The van der Waals surface area contributed by atoms with Crippen molar-refractivity contribution in [2.45, 2.75) is 33.6 Å². The summed E-state index contributed by atoms with van der Waals surface area (Å²) in [4.78, 5) is 10.9. The van der Waals surface area contributed by atoms with Gasteiger partial charge in [0.25, 0.3) is 0 Å². The molecule has 2 rings (SSSR count). The van der Waals surface area contributed by atoms with E-state index in [1.807, 2.05) is 14.0 Å². The Labute approximate surface area is 143 Å². The first-order valence-electron chi connectivity index (χ1n) is 7.33. The standard InChI is InChI=1S/C14H25N5O.HI/c1-10-7-11(2)9-19(8-10)14(15-4)16-6-5-13-17-12(3)18-20-13;/h10-11H,5-9H2,1-4H3,(H,15,16);1H. The van der Waals surface area contributed by atoms with Crippen LogP contribution in [0.25, 0.3) is 0 Å². The fourth-order valence-corrected chi connectivity index (χ4v) is 2.89. The first kappa shape index (κ1) is 18.2. The molecule has 0 bridgehead atoms. The normalized spacial score (nSPS) is 22.9. The summed E-state index contributed by atoms with van der Waals surface area (Å²) in [6, 6.07) is 0. The van der Waals surface area contributed by atoms with Gasteiger partial charge < -0.3 is 14.7 Å². The van der Waals surface area contributed by atoms with Crippen molar-refractivity contribution >= 4 is 29.9 Å². The highest BCUT2D eigenvalue weighted by atomic mass is 127. The molecule has 0 saturated carbocycles. The van der Waals surface area contributed by atoms with Gasteiger partial charge in [-0.3, -0.25) is 4.99 Å². The molecule has 1 N–H and O–H groups in total. The van der Waals surface area contributed by atoms with E-state index in [0.717, 1.165) is 43.9 Å². The Bertz CT molecular complexity index is 452.